The van der Waals surface area contributed by atoms with Gasteiger partial charge in [-0.1, -0.05) is 6.42 Å². The molecule has 3 saturated heterocycles. The van der Waals surface area contributed by atoms with Crippen molar-refractivity contribution < 1.29 is 31.8 Å². The van der Waals surface area contributed by atoms with Gasteiger partial charge in [-0.2, -0.15) is 18.0 Å². The number of carbonyl (C=O) groups is 1. The zero-order chi connectivity index (χ0) is 34.3. The predicted molar refractivity (Wildman–Crippen MR) is 175 cm³/mol. The molecule has 1 atom stereocenters. The number of hydrogen-bond acceptors (Lipinski definition) is 9. The number of rotatable bonds is 6. The first-order valence-corrected chi connectivity index (χ1v) is 17.5. The molecule has 4 heterocycles. The van der Waals surface area contributed by atoms with Crippen molar-refractivity contribution in [1.82, 2.24) is 18.8 Å². The second kappa shape index (κ2) is 13.0. The van der Waals surface area contributed by atoms with Crippen molar-refractivity contribution in [3.05, 3.63) is 58.4 Å². The van der Waals surface area contributed by atoms with Crippen molar-refractivity contribution in [3.63, 3.8) is 0 Å². The van der Waals surface area contributed by atoms with Crippen LogP contribution in [0.25, 0.3) is 10.9 Å². The van der Waals surface area contributed by atoms with Crippen LogP contribution in [0.1, 0.15) is 70.9 Å². The monoisotopic (exact) mass is 682 g/mol. The van der Waals surface area contributed by atoms with E-state index in [-0.39, 0.29) is 40.1 Å². The van der Waals surface area contributed by atoms with Crippen LogP contribution < -0.4 is 15.0 Å². The topological polar surface area (TPSA) is 156 Å². The number of halogens is 1. The normalized spacial score (nSPS) is 20.1. The van der Waals surface area contributed by atoms with E-state index in [1.165, 1.54) is 33.4 Å². The standard InChI is InChI=1S/C33H39FN6O7S/c1-32(2,3)47-31(42)38-15-11-33(12-16-38)18-22(20-45-33)40-21-36-27-9-7-23(17-24(27)30(40)41)46-29-25(19-35)28(10-8-26(29)34)37-48(43,44)39-13-5-4-6-14-39/h7-10,17,21-22,37H,4-6,11-16,18,20H2,1-3H3/t22-/m1/s1. The molecule has 3 aromatic rings. The molecule has 0 saturated carbocycles. The van der Waals surface area contributed by atoms with E-state index < -0.39 is 33.0 Å². The molecular formula is C33H39FN6O7S. The van der Waals surface area contributed by atoms with Gasteiger partial charge in [-0.15, -0.1) is 0 Å². The van der Waals surface area contributed by atoms with Crippen LogP contribution in [0.15, 0.2) is 41.5 Å². The number of fused-ring (bicyclic) bond motifs is 1. The number of nitrogens with one attached hydrogen (secondary N) is 1. The highest BCUT2D eigenvalue weighted by molar-refractivity contribution is 7.90. The Morgan fingerprint density at radius 3 is 2.54 bits per heavy atom. The summed E-state index contributed by atoms with van der Waals surface area (Å²) in [6.45, 7) is 7.45. The van der Waals surface area contributed by atoms with Gasteiger partial charge in [0.05, 0.1) is 41.2 Å². The maximum absolute atomic E-state index is 15.1. The van der Waals surface area contributed by atoms with Gasteiger partial charge < -0.3 is 19.1 Å². The number of carbonyl (C=O) groups excluding carboxylic acids is 1. The molecule has 1 aromatic heterocycles. The average Bonchev–Trinajstić information content (AvgIpc) is 3.45. The summed E-state index contributed by atoms with van der Waals surface area (Å²) in [7, 11) is -3.97. The number of ether oxygens (including phenoxy) is 3. The third-order valence-electron chi connectivity index (χ3n) is 9.00. The zero-order valence-corrected chi connectivity index (χ0v) is 28.0. The second-order valence-corrected chi connectivity index (χ2v) is 15.2. The molecule has 48 heavy (non-hydrogen) atoms. The molecule has 1 N–H and O–H groups in total. The molecule has 0 aliphatic carbocycles. The van der Waals surface area contributed by atoms with E-state index in [2.05, 4.69) is 9.71 Å². The van der Waals surface area contributed by atoms with Gasteiger partial charge >= 0.3 is 16.3 Å². The number of aromatic nitrogens is 2. The minimum atomic E-state index is -3.97. The first kappa shape index (κ1) is 33.6. The number of amides is 1. The van der Waals surface area contributed by atoms with Gasteiger partial charge in [-0.3, -0.25) is 14.1 Å². The summed E-state index contributed by atoms with van der Waals surface area (Å²) in [4.78, 5) is 32.4. The first-order chi connectivity index (χ1) is 22.8. The van der Waals surface area contributed by atoms with Crippen molar-refractivity contribution in [1.29, 1.82) is 5.26 Å². The average molecular weight is 683 g/mol. The Kier molecular flexibility index (Phi) is 9.10. The van der Waals surface area contributed by atoms with Crippen LogP contribution in [0.4, 0.5) is 14.9 Å². The lowest BCUT2D eigenvalue weighted by Gasteiger charge is -2.39. The van der Waals surface area contributed by atoms with Crippen LogP contribution in [-0.4, -0.2) is 77.3 Å². The molecule has 0 radical (unpaired) electrons. The van der Waals surface area contributed by atoms with Gasteiger partial charge in [0.15, 0.2) is 11.6 Å². The third-order valence-corrected chi connectivity index (χ3v) is 10.5. The molecule has 0 unspecified atom stereocenters. The van der Waals surface area contributed by atoms with Crippen molar-refractivity contribution in [2.75, 3.05) is 37.5 Å². The summed E-state index contributed by atoms with van der Waals surface area (Å²) in [5.41, 5.74) is -1.45. The Bertz CT molecular complexity index is 1920. The molecule has 0 bridgehead atoms. The smallest absolute Gasteiger partial charge is 0.410 e. The largest absolute Gasteiger partial charge is 0.453 e. The zero-order valence-electron chi connectivity index (χ0n) is 27.2. The molecule has 2 aromatic carbocycles. The lowest BCUT2D eigenvalue weighted by atomic mass is 9.87. The lowest BCUT2D eigenvalue weighted by Crippen LogP contribution is -2.48. The summed E-state index contributed by atoms with van der Waals surface area (Å²) in [5, 5.41) is 10.1. The SMILES string of the molecule is CC(C)(C)OC(=O)N1CCC2(CC1)C[C@@H](n1cnc3ccc(Oc4c(F)ccc(NS(=O)(=O)N5CCCCC5)c4C#N)cc3c1=O)CO2. The fourth-order valence-corrected chi connectivity index (χ4v) is 7.80. The Morgan fingerprint density at radius 1 is 1.12 bits per heavy atom. The lowest BCUT2D eigenvalue weighted by molar-refractivity contribution is -0.0486. The van der Waals surface area contributed by atoms with Gasteiger partial charge in [0.1, 0.15) is 23.0 Å². The number of benzene rings is 2. The summed E-state index contributed by atoms with van der Waals surface area (Å²) in [5.74, 6) is -1.27. The van der Waals surface area contributed by atoms with Gasteiger partial charge in [0, 0.05) is 26.2 Å². The molecule has 256 valence electrons. The first-order valence-electron chi connectivity index (χ1n) is 16.1. The van der Waals surface area contributed by atoms with Crippen LogP contribution in [0.2, 0.25) is 0 Å². The van der Waals surface area contributed by atoms with Crippen LogP contribution in [0.5, 0.6) is 11.5 Å². The number of likely N-dealkylation sites (tertiary alicyclic amines) is 1. The molecule has 13 nitrogen and oxygen atoms in total. The van der Waals surface area contributed by atoms with Gasteiger partial charge in [-0.05, 0) is 83.2 Å². The predicted octanol–water partition coefficient (Wildman–Crippen LogP) is 5.07. The number of nitriles is 1. The fraction of sp³-hybridized carbons (Fsp3) is 0.515. The molecule has 3 aliphatic heterocycles. The van der Waals surface area contributed by atoms with Crippen molar-refractivity contribution in [2.24, 2.45) is 0 Å². The number of hydrogen-bond donors (Lipinski definition) is 1. The van der Waals surface area contributed by atoms with Crippen LogP contribution >= 0.6 is 0 Å². The van der Waals surface area contributed by atoms with Crippen molar-refractivity contribution in [2.45, 2.75) is 76.5 Å². The van der Waals surface area contributed by atoms with Gasteiger partial charge in [0.25, 0.3) is 5.56 Å². The number of anilines is 1. The van der Waals surface area contributed by atoms with Crippen molar-refractivity contribution in [3.8, 4) is 17.6 Å². The van der Waals surface area contributed by atoms with Gasteiger partial charge in [-0.25, -0.2) is 14.2 Å². The number of nitrogens with zero attached hydrogens (tertiary/aromatic N) is 5. The minimum Gasteiger partial charge on any atom is -0.453 e. The Morgan fingerprint density at radius 2 is 1.85 bits per heavy atom. The van der Waals surface area contributed by atoms with E-state index in [1.807, 2.05) is 26.8 Å². The molecular weight excluding hydrogens is 643 g/mol. The van der Waals surface area contributed by atoms with Crippen LogP contribution in [-0.2, 0) is 19.7 Å². The van der Waals surface area contributed by atoms with E-state index in [0.29, 0.717) is 57.6 Å². The highest BCUT2D eigenvalue weighted by Crippen LogP contribution is 2.41. The van der Waals surface area contributed by atoms with Crippen LogP contribution in [0.3, 0.4) is 0 Å². The fourth-order valence-electron chi connectivity index (χ4n) is 6.49. The Hall–Kier alpha value is -4.26. The number of piperidine rings is 2. The summed E-state index contributed by atoms with van der Waals surface area (Å²) < 4.78 is 63.9. The molecule has 1 amide bonds. The summed E-state index contributed by atoms with van der Waals surface area (Å²) in [6, 6.07) is 8.26. The second-order valence-electron chi connectivity index (χ2n) is 13.5. The summed E-state index contributed by atoms with van der Waals surface area (Å²) in [6.07, 6.45) is 5.30. The van der Waals surface area contributed by atoms with E-state index in [9.17, 15) is 23.3 Å². The highest BCUT2D eigenvalue weighted by Gasteiger charge is 2.45. The van der Waals surface area contributed by atoms with E-state index in [4.69, 9.17) is 14.2 Å². The van der Waals surface area contributed by atoms with Crippen molar-refractivity contribution >= 4 is 32.9 Å². The summed E-state index contributed by atoms with van der Waals surface area (Å²) >= 11 is 0. The third kappa shape index (κ3) is 6.96. The highest BCUT2D eigenvalue weighted by atomic mass is 32.2. The Balaban J connectivity index is 1.20. The maximum Gasteiger partial charge on any atom is 0.410 e. The van der Waals surface area contributed by atoms with E-state index in [0.717, 1.165) is 25.3 Å². The molecule has 6 rings (SSSR count). The van der Waals surface area contributed by atoms with E-state index in [1.54, 1.807) is 11.0 Å². The maximum atomic E-state index is 15.1. The van der Waals surface area contributed by atoms with Crippen LogP contribution in [0, 0.1) is 17.1 Å². The molecule has 1 spiro atoms. The molecule has 3 aliphatic rings. The minimum absolute atomic E-state index is 0.0687. The molecule has 3 fully saturated rings. The van der Waals surface area contributed by atoms with Gasteiger partial charge in [0.2, 0.25) is 0 Å². The Labute approximate surface area is 278 Å². The quantitative estimate of drug-likeness (QED) is 0.375. The van der Waals surface area contributed by atoms with E-state index >= 15 is 4.39 Å². The molecule has 15 heteroatoms.